The van der Waals surface area contributed by atoms with E-state index in [-0.39, 0.29) is 24.1 Å². The van der Waals surface area contributed by atoms with Gasteiger partial charge >= 0.3 is 11.9 Å². The summed E-state index contributed by atoms with van der Waals surface area (Å²) >= 11 is 0. The molecule has 0 heterocycles. The average molecular weight is 300 g/mol. The van der Waals surface area contributed by atoms with Crippen LogP contribution in [0.25, 0.3) is 0 Å². The second-order valence-corrected chi connectivity index (χ2v) is 5.75. The minimum atomic E-state index is -0.211. The first-order valence-electron chi connectivity index (χ1n) is 8.38. The molecule has 0 aromatic heterocycles. The molecule has 4 heteroatoms. The predicted octanol–water partition coefficient (Wildman–Crippen LogP) is 4.40. The third-order valence-electron chi connectivity index (χ3n) is 3.30. The van der Waals surface area contributed by atoms with Gasteiger partial charge in [0.05, 0.1) is 0 Å². The number of unbranched alkanes of at least 4 members (excludes halogenated alkanes) is 4. The van der Waals surface area contributed by atoms with Crippen molar-refractivity contribution in [2.24, 2.45) is 0 Å². The first-order chi connectivity index (χ1) is 9.99. The molecule has 2 atom stereocenters. The van der Waals surface area contributed by atoms with Gasteiger partial charge < -0.3 is 9.47 Å². The van der Waals surface area contributed by atoms with Crippen LogP contribution in [-0.4, -0.2) is 24.1 Å². The average Bonchev–Trinajstić information content (AvgIpc) is 2.38. The van der Waals surface area contributed by atoms with Crippen molar-refractivity contribution in [1.82, 2.24) is 0 Å². The highest BCUT2D eigenvalue weighted by Gasteiger charge is 2.16. The van der Waals surface area contributed by atoms with Gasteiger partial charge in [-0.3, -0.25) is 9.59 Å². The number of ether oxygens (including phenoxy) is 2. The van der Waals surface area contributed by atoms with E-state index in [9.17, 15) is 9.59 Å². The summed E-state index contributed by atoms with van der Waals surface area (Å²) in [5.41, 5.74) is 0. The van der Waals surface area contributed by atoms with Crippen LogP contribution in [0.15, 0.2) is 0 Å². The van der Waals surface area contributed by atoms with Gasteiger partial charge in [-0.2, -0.15) is 0 Å². The minimum absolute atomic E-state index is 0.155. The number of hydrogen-bond donors (Lipinski definition) is 0. The number of carbonyl (C=O) groups excluding carboxylic acids is 2. The lowest BCUT2D eigenvalue weighted by atomic mass is 10.2. The van der Waals surface area contributed by atoms with E-state index in [4.69, 9.17) is 9.47 Å². The molecule has 0 aromatic carbocycles. The Bertz CT molecular complexity index is 261. The summed E-state index contributed by atoms with van der Waals surface area (Å²) in [6.07, 6.45) is 7.13. The quantitative estimate of drug-likeness (QED) is 0.396. The van der Waals surface area contributed by atoms with Crippen molar-refractivity contribution in [2.75, 3.05) is 0 Å². The fourth-order valence-electron chi connectivity index (χ4n) is 2.17. The van der Waals surface area contributed by atoms with Crippen LogP contribution in [0.2, 0.25) is 0 Å². The summed E-state index contributed by atoms with van der Waals surface area (Å²) in [5, 5.41) is 0. The molecule has 0 N–H and O–H groups in total. The summed E-state index contributed by atoms with van der Waals surface area (Å²) in [5.74, 6) is -0.310. The largest absolute Gasteiger partial charge is 0.463 e. The van der Waals surface area contributed by atoms with Crippen molar-refractivity contribution in [3.8, 4) is 0 Å². The van der Waals surface area contributed by atoms with Gasteiger partial charge in [-0.05, 0) is 26.7 Å². The van der Waals surface area contributed by atoms with Gasteiger partial charge in [0.2, 0.25) is 0 Å². The lowest BCUT2D eigenvalue weighted by Crippen LogP contribution is -2.23. The van der Waals surface area contributed by atoms with Crippen LogP contribution in [0.1, 0.15) is 85.5 Å². The first-order valence-corrected chi connectivity index (χ1v) is 8.38. The van der Waals surface area contributed by atoms with Crippen molar-refractivity contribution in [3.63, 3.8) is 0 Å². The molecule has 124 valence electrons. The molecule has 0 fully saturated rings. The second-order valence-electron chi connectivity index (χ2n) is 5.75. The van der Waals surface area contributed by atoms with Crippen molar-refractivity contribution >= 4 is 11.9 Å². The molecule has 21 heavy (non-hydrogen) atoms. The maximum Gasteiger partial charge on any atom is 0.306 e. The summed E-state index contributed by atoms with van der Waals surface area (Å²) in [6, 6.07) is 0. The van der Waals surface area contributed by atoms with E-state index in [2.05, 4.69) is 13.8 Å². The molecule has 0 aliphatic carbocycles. The van der Waals surface area contributed by atoms with Crippen LogP contribution in [0.3, 0.4) is 0 Å². The van der Waals surface area contributed by atoms with Crippen molar-refractivity contribution in [2.45, 2.75) is 97.7 Å². The van der Waals surface area contributed by atoms with Crippen molar-refractivity contribution in [3.05, 3.63) is 0 Å². The monoisotopic (exact) mass is 300 g/mol. The summed E-state index contributed by atoms with van der Waals surface area (Å²) in [4.78, 5) is 23.2. The Morgan fingerprint density at radius 3 is 1.48 bits per heavy atom. The fraction of sp³-hybridized carbons (Fsp3) is 0.882. The lowest BCUT2D eigenvalue weighted by Gasteiger charge is -2.18. The minimum Gasteiger partial charge on any atom is -0.463 e. The van der Waals surface area contributed by atoms with Gasteiger partial charge in [-0.1, -0.05) is 39.5 Å². The first kappa shape index (κ1) is 19.9. The second kappa shape index (κ2) is 12.7. The molecular weight excluding hydrogens is 268 g/mol. The Kier molecular flexibility index (Phi) is 12.0. The molecule has 0 aliphatic heterocycles. The van der Waals surface area contributed by atoms with E-state index in [1.165, 1.54) is 0 Å². The molecule has 0 spiro atoms. The van der Waals surface area contributed by atoms with Crippen LogP contribution in [0, 0.1) is 0 Å². The topological polar surface area (TPSA) is 52.6 Å². The number of carbonyl (C=O) groups is 2. The molecule has 0 radical (unpaired) electrons. The van der Waals surface area contributed by atoms with Gasteiger partial charge in [-0.15, -0.1) is 0 Å². The van der Waals surface area contributed by atoms with E-state index >= 15 is 0 Å². The Morgan fingerprint density at radius 2 is 1.14 bits per heavy atom. The highest BCUT2D eigenvalue weighted by atomic mass is 16.6. The maximum atomic E-state index is 11.6. The van der Waals surface area contributed by atoms with Crippen LogP contribution in [0.4, 0.5) is 0 Å². The van der Waals surface area contributed by atoms with E-state index in [1.54, 1.807) is 0 Å². The van der Waals surface area contributed by atoms with Crippen molar-refractivity contribution in [1.29, 1.82) is 0 Å². The molecule has 0 unspecified atom stereocenters. The molecule has 0 saturated heterocycles. The number of hydrogen-bond acceptors (Lipinski definition) is 4. The molecule has 0 aliphatic rings. The molecule has 0 amide bonds. The normalized spacial score (nSPS) is 13.5. The van der Waals surface area contributed by atoms with Gasteiger partial charge in [0, 0.05) is 19.3 Å². The maximum absolute atomic E-state index is 11.6. The summed E-state index contributed by atoms with van der Waals surface area (Å²) in [6.45, 7) is 7.90. The third kappa shape index (κ3) is 12.4. The third-order valence-corrected chi connectivity index (χ3v) is 3.30. The molecule has 0 saturated carbocycles. The van der Waals surface area contributed by atoms with Gasteiger partial charge in [0.1, 0.15) is 12.2 Å². The van der Waals surface area contributed by atoms with Crippen molar-refractivity contribution < 1.29 is 19.1 Å². The standard InChI is InChI=1S/C17H32O4/c1-5-7-9-11-16(18)20-14(3)13-15(4)21-17(19)12-10-8-6-2/h14-15H,5-13H2,1-4H3/t14-,15-/m1/s1. The van der Waals surface area contributed by atoms with Crippen LogP contribution in [-0.2, 0) is 19.1 Å². The Labute approximate surface area is 129 Å². The SMILES string of the molecule is CCCCCC(=O)O[C@H](C)C[C@@H](C)OC(=O)CCCCC. The summed E-state index contributed by atoms with van der Waals surface area (Å²) < 4.78 is 10.6. The van der Waals surface area contributed by atoms with E-state index < -0.39 is 0 Å². The van der Waals surface area contributed by atoms with Gasteiger partial charge in [0.25, 0.3) is 0 Å². The molecule has 4 nitrogen and oxygen atoms in total. The Balaban J connectivity index is 3.79. The van der Waals surface area contributed by atoms with Crippen LogP contribution in [0.5, 0.6) is 0 Å². The molecular formula is C17H32O4. The van der Waals surface area contributed by atoms with Crippen LogP contribution < -0.4 is 0 Å². The van der Waals surface area contributed by atoms with E-state index in [1.807, 2.05) is 13.8 Å². The Hall–Kier alpha value is -1.06. The fourth-order valence-corrected chi connectivity index (χ4v) is 2.17. The van der Waals surface area contributed by atoms with E-state index in [0.29, 0.717) is 19.3 Å². The van der Waals surface area contributed by atoms with Gasteiger partial charge in [0.15, 0.2) is 0 Å². The Morgan fingerprint density at radius 1 is 0.762 bits per heavy atom. The number of rotatable bonds is 12. The smallest absolute Gasteiger partial charge is 0.306 e. The zero-order valence-corrected chi connectivity index (χ0v) is 14.2. The highest BCUT2D eigenvalue weighted by Crippen LogP contribution is 2.10. The molecule has 0 aromatic rings. The zero-order chi connectivity index (χ0) is 16.1. The zero-order valence-electron chi connectivity index (χ0n) is 14.2. The lowest BCUT2D eigenvalue weighted by molar-refractivity contribution is -0.154. The van der Waals surface area contributed by atoms with Gasteiger partial charge in [-0.25, -0.2) is 0 Å². The molecule has 0 bridgehead atoms. The highest BCUT2D eigenvalue weighted by molar-refractivity contribution is 5.70. The number of esters is 2. The van der Waals surface area contributed by atoms with E-state index in [0.717, 1.165) is 38.5 Å². The molecule has 0 rings (SSSR count). The summed E-state index contributed by atoms with van der Waals surface area (Å²) in [7, 11) is 0. The predicted molar refractivity (Wildman–Crippen MR) is 84.0 cm³/mol. The van der Waals surface area contributed by atoms with Crippen LogP contribution >= 0.6 is 0 Å².